The molecule has 3 nitrogen and oxygen atoms in total. The summed E-state index contributed by atoms with van der Waals surface area (Å²) >= 11 is 0. The summed E-state index contributed by atoms with van der Waals surface area (Å²) in [6, 6.07) is 10.0. The first kappa shape index (κ1) is 11.4. The Morgan fingerprint density at radius 1 is 1.31 bits per heavy atom. The van der Waals surface area contributed by atoms with Crippen molar-refractivity contribution < 1.29 is 14.0 Å². The zero-order valence-corrected chi connectivity index (χ0v) is 9.17. The van der Waals surface area contributed by atoms with E-state index in [1.807, 2.05) is 36.4 Å². The van der Waals surface area contributed by atoms with Crippen molar-refractivity contribution in [2.24, 2.45) is 0 Å². The van der Waals surface area contributed by atoms with Gasteiger partial charge in [0.15, 0.2) is 0 Å². The Labute approximate surface area is 96.2 Å². The summed E-state index contributed by atoms with van der Waals surface area (Å²) < 4.78 is 16.3. The molecule has 0 aliphatic carbocycles. The lowest BCUT2D eigenvalue weighted by Crippen LogP contribution is -2.22. The van der Waals surface area contributed by atoms with E-state index in [2.05, 4.69) is 6.58 Å². The third kappa shape index (κ3) is 2.95. The van der Waals surface area contributed by atoms with Gasteiger partial charge in [-0.25, -0.2) is 0 Å². The predicted molar refractivity (Wildman–Crippen MR) is 62.7 cm³/mol. The van der Waals surface area contributed by atoms with Gasteiger partial charge in [0.2, 0.25) is 0 Å². The van der Waals surface area contributed by atoms with Crippen LogP contribution in [0.1, 0.15) is 18.1 Å². The summed E-state index contributed by atoms with van der Waals surface area (Å²) in [5.41, 5.74) is 1.11. The standard InChI is InChI=1S/C12H15BO3/c1-2-6-12(11-7-4-3-5-8-11)16-13-14-9-10-15-13/h2-5,7-8,12H,1,6,9-10H2. The van der Waals surface area contributed by atoms with Crippen LogP contribution in [0.2, 0.25) is 0 Å². The Balaban J connectivity index is 2.01. The fourth-order valence-electron chi connectivity index (χ4n) is 1.64. The van der Waals surface area contributed by atoms with Gasteiger partial charge in [-0.15, -0.1) is 6.58 Å². The molecule has 0 saturated carbocycles. The smallest absolute Gasteiger partial charge is 0.384 e. The largest absolute Gasteiger partial charge is 0.640 e. The van der Waals surface area contributed by atoms with E-state index in [1.54, 1.807) is 0 Å². The molecule has 0 amide bonds. The van der Waals surface area contributed by atoms with Crippen molar-refractivity contribution in [1.29, 1.82) is 0 Å². The number of benzene rings is 1. The lowest BCUT2D eigenvalue weighted by molar-refractivity contribution is 0.117. The van der Waals surface area contributed by atoms with E-state index >= 15 is 0 Å². The molecule has 1 aromatic rings. The van der Waals surface area contributed by atoms with Crippen molar-refractivity contribution >= 4 is 7.32 Å². The van der Waals surface area contributed by atoms with Crippen molar-refractivity contribution in [3.63, 3.8) is 0 Å². The molecule has 1 unspecified atom stereocenters. The summed E-state index contributed by atoms with van der Waals surface area (Å²) in [6.07, 6.45) is 2.53. The van der Waals surface area contributed by atoms with Crippen LogP contribution in [-0.2, 0) is 14.0 Å². The Morgan fingerprint density at radius 3 is 2.62 bits per heavy atom. The molecule has 0 radical (unpaired) electrons. The van der Waals surface area contributed by atoms with Crippen LogP contribution in [0.4, 0.5) is 0 Å². The van der Waals surface area contributed by atoms with Gasteiger partial charge < -0.3 is 14.0 Å². The Bertz CT molecular complexity index is 322. The highest BCUT2D eigenvalue weighted by atomic mass is 16.8. The molecule has 0 spiro atoms. The molecule has 1 aliphatic rings. The minimum atomic E-state index is -0.537. The van der Waals surface area contributed by atoms with Gasteiger partial charge in [0.1, 0.15) is 0 Å². The lowest BCUT2D eigenvalue weighted by atomic mass is 10.0. The molecular weight excluding hydrogens is 203 g/mol. The van der Waals surface area contributed by atoms with Crippen molar-refractivity contribution in [1.82, 2.24) is 0 Å². The number of rotatable bonds is 5. The summed E-state index contributed by atoms with van der Waals surface area (Å²) in [4.78, 5) is 0. The topological polar surface area (TPSA) is 27.7 Å². The van der Waals surface area contributed by atoms with E-state index in [4.69, 9.17) is 14.0 Å². The molecule has 1 heterocycles. The van der Waals surface area contributed by atoms with E-state index in [0.29, 0.717) is 13.2 Å². The first-order valence-electron chi connectivity index (χ1n) is 5.44. The van der Waals surface area contributed by atoms with Gasteiger partial charge in [0.05, 0.1) is 19.3 Å². The van der Waals surface area contributed by atoms with Gasteiger partial charge in [0.25, 0.3) is 0 Å². The van der Waals surface area contributed by atoms with Crippen molar-refractivity contribution in [3.05, 3.63) is 48.6 Å². The molecule has 16 heavy (non-hydrogen) atoms. The molecule has 4 heteroatoms. The summed E-state index contributed by atoms with van der Waals surface area (Å²) in [5, 5.41) is 0. The molecular formula is C12H15BO3. The van der Waals surface area contributed by atoms with Crippen molar-refractivity contribution in [2.75, 3.05) is 13.2 Å². The third-order valence-corrected chi connectivity index (χ3v) is 2.42. The summed E-state index contributed by atoms with van der Waals surface area (Å²) in [6.45, 7) is 4.93. The van der Waals surface area contributed by atoms with Crippen LogP contribution in [0.5, 0.6) is 0 Å². The van der Waals surface area contributed by atoms with Gasteiger partial charge in [0, 0.05) is 0 Å². The molecule has 0 N–H and O–H groups in total. The minimum Gasteiger partial charge on any atom is -0.384 e. The third-order valence-electron chi connectivity index (χ3n) is 2.42. The molecule has 1 fully saturated rings. The van der Waals surface area contributed by atoms with Crippen molar-refractivity contribution in [2.45, 2.75) is 12.5 Å². The maximum absolute atomic E-state index is 5.72. The Kier molecular flexibility index (Phi) is 4.16. The first-order valence-corrected chi connectivity index (χ1v) is 5.44. The molecule has 84 valence electrons. The quantitative estimate of drug-likeness (QED) is 0.560. The molecule has 0 bridgehead atoms. The molecule has 2 rings (SSSR count). The second kappa shape index (κ2) is 5.84. The van der Waals surface area contributed by atoms with Gasteiger partial charge in [-0.1, -0.05) is 36.4 Å². The van der Waals surface area contributed by atoms with Crippen LogP contribution in [0, 0.1) is 0 Å². The van der Waals surface area contributed by atoms with Gasteiger partial charge >= 0.3 is 7.32 Å². The fourth-order valence-corrected chi connectivity index (χ4v) is 1.64. The zero-order valence-electron chi connectivity index (χ0n) is 9.17. The number of hydrogen-bond acceptors (Lipinski definition) is 3. The SMILES string of the molecule is C=CCC(OB1OCCO1)c1ccccc1. The highest BCUT2D eigenvalue weighted by molar-refractivity contribution is 6.37. The van der Waals surface area contributed by atoms with Crippen LogP contribution in [0.25, 0.3) is 0 Å². The maximum atomic E-state index is 5.72. The molecule has 1 atom stereocenters. The highest BCUT2D eigenvalue weighted by Crippen LogP contribution is 2.23. The van der Waals surface area contributed by atoms with Crippen LogP contribution in [-0.4, -0.2) is 20.5 Å². The second-order valence-corrected chi connectivity index (χ2v) is 3.59. The summed E-state index contributed by atoms with van der Waals surface area (Å²) in [5.74, 6) is 0. The van der Waals surface area contributed by atoms with Crippen LogP contribution >= 0.6 is 0 Å². The lowest BCUT2D eigenvalue weighted by Gasteiger charge is -2.17. The maximum Gasteiger partial charge on any atom is 0.640 e. The second-order valence-electron chi connectivity index (χ2n) is 3.59. The van der Waals surface area contributed by atoms with E-state index in [0.717, 1.165) is 12.0 Å². The normalized spacial score (nSPS) is 17.4. The van der Waals surface area contributed by atoms with E-state index in [9.17, 15) is 0 Å². The number of hydrogen-bond donors (Lipinski definition) is 0. The zero-order chi connectivity index (χ0) is 11.2. The van der Waals surface area contributed by atoms with Crippen molar-refractivity contribution in [3.8, 4) is 0 Å². The van der Waals surface area contributed by atoms with Gasteiger partial charge in [-0.05, 0) is 12.0 Å². The Hall–Kier alpha value is -1.10. The highest BCUT2D eigenvalue weighted by Gasteiger charge is 2.30. The average molecular weight is 218 g/mol. The minimum absolute atomic E-state index is 0.0539. The molecule has 0 aromatic heterocycles. The van der Waals surface area contributed by atoms with Crippen LogP contribution in [0.15, 0.2) is 43.0 Å². The van der Waals surface area contributed by atoms with E-state index in [1.165, 1.54) is 0 Å². The first-order chi connectivity index (χ1) is 7.90. The van der Waals surface area contributed by atoms with Crippen LogP contribution in [0.3, 0.4) is 0 Å². The predicted octanol–water partition coefficient (Wildman–Crippen LogP) is 2.35. The van der Waals surface area contributed by atoms with E-state index < -0.39 is 7.32 Å². The van der Waals surface area contributed by atoms with E-state index in [-0.39, 0.29) is 6.10 Å². The molecule has 1 saturated heterocycles. The average Bonchev–Trinajstić information content (AvgIpc) is 2.83. The van der Waals surface area contributed by atoms with Gasteiger partial charge in [-0.2, -0.15) is 0 Å². The fraction of sp³-hybridized carbons (Fsp3) is 0.333. The van der Waals surface area contributed by atoms with Gasteiger partial charge in [-0.3, -0.25) is 0 Å². The molecule has 1 aromatic carbocycles. The molecule has 1 aliphatic heterocycles. The van der Waals surface area contributed by atoms with Crippen LogP contribution < -0.4 is 0 Å². The monoisotopic (exact) mass is 218 g/mol. The Morgan fingerprint density at radius 2 is 2.00 bits per heavy atom. The summed E-state index contributed by atoms with van der Waals surface area (Å²) in [7, 11) is -0.537.